The van der Waals surface area contributed by atoms with Crippen LogP contribution >= 0.6 is 11.8 Å². The number of furan rings is 1. The van der Waals surface area contributed by atoms with Gasteiger partial charge < -0.3 is 9.73 Å². The predicted molar refractivity (Wildman–Crippen MR) is 102 cm³/mol. The summed E-state index contributed by atoms with van der Waals surface area (Å²) >= 11 is 1.73. The van der Waals surface area contributed by atoms with Gasteiger partial charge in [0.2, 0.25) is 0 Å². The second kappa shape index (κ2) is 7.21. The lowest BCUT2D eigenvalue weighted by Gasteiger charge is -2.16. The van der Waals surface area contributed by atoms with Crippen LogP contribution in [0, 0.1) is 0 Å². The van der Waals surface area contributed by atoms with Crippen LogP contribution in [-0.4, -0.2) is 32.5 Å². The van der Waals surface area contributed by atoms with Gasteiger partial charge >= 0.3 is 0 Å². The summed E-state index contributed by atoms with van der Waals surface area (Å²) in [5, 5.41) is 12.5. The summed E-state index contributed by atoms with van der Waals surface area (Å²) in [5.74, 6) is 1.67. The fourth-order valence-electron chi connectivity index (χ4n) is 2.92. The van der Waals surface area contributed by atoms with Crippen LogP contribution in [0.25, 0.3) is 16.6 Å². The highest BCUT2D eigenvalue weighted by molar-refractivity contribution is 7.98. The summed E-state index contributed by atoms with van der Waals surface area (Å²) in [6.45, 7) is 0. The molecule has 0 aliphatic carbocycles. The molecule has 1 N–H and O–H groups in total. The van der Waals surface area contributed by atoms with Crippen molar-refractivity contribution < 1.29 is 9.21 Å². The number of fused-ring (bicyclic) bond motifs is 2. The van der Waals surface area contributed by atoms with Crippen molar-refractivity contribution in [1.82, 2.24) is 19.9 Å². The third-order valence-corrected chi connectivity index (χ3v) is 4.86. The molecule has 0 aliphatic rings. The van der Waals surface area contributed by atoms with Crippen LogP contribution in [0.1, 0.15) is 28.8 Å². The molecule has 0 unspecified atom stereocenters. The Bertz CT molecular complexity index is 1020. The molecule has 0 aliphatic heterocycles. The van der Waals surface area contributed by atoms with Crippen molar-refractivity contribution in [2.45, 2.75) is 12.5 Å². The number of nitrogens with zero attached hydrogens (tertiary/aromatic N) is 3. The quantitative estimate of drug-likeness (QED) is 0.563. The van der Waals surface area contributed by atoms with Gasteiger partial charge in [-0.2, -0.15) is 11.8 Å². The highest BCUT2D eigenvalue weighted by atomic mass is 32.2. The highest BCUT2D eigenvalue weighted by Gasteiger charge is 2.22. The van der Waals surface area contributed by atoms with Gasteiger partial charge in [0.1, 0.15) is 5.58 Å². The average molecular weight is 366 g/mol. The zero-order chi connectivity index (χ0) is 17.9. The summed E-state index contributed by atoms with van der Waals surface area (Å²) in [6.07, 6.45) is 4.70. The molecular weight excluding hydrogens is 348 g/mol. The number of aromatic nitrogens is 3. The zero-order valence-electron chi connectivity index (χ0n) is 14.3. The first kappa shape index (κ1) is 16.7. The van der Waals surface area contributed by atoms with Gasteiger partial charge in [-0.3, -0.25) is 9.20 Å². The minimum atomic E-state index is -0.250. The van der Waals surface area contributed by atoms with E-state index in [2.05, 4.69) is 15.5 Å². The van der Waals surface area contributed by atoms with E-state index in [0.717, 1.165) is 29.0 Å². The number of amides is 1. The number of nitrogens with one attached hydrogen (secondary N) is 1. The van der Waals surface area contributed by atoms with Gasteiger partial charge in [0.15, 0.2) is 17.2 Å². The topological polar surface area (TPSA) is 72.4 Å². The first-order chi connectivity index (χ1) is 12.8. The average Bonchev–Trinajstić information content (AvgIpc) is 3.29. The van der Waals surface area contributed by atoms with Gasteiger partial charge in [-0.05, 0) is 42.7 Å². The van der Waals surface area contributed by atoms with E-state index in [1.807, 2.05) is 59.3 Å². The number of rotatable bonds is 6. The van der Waals surface area contributed by atoms with Crippen molar-refractivity contribution in [3.63, 3.8) is 0 Å². The molecule has 4 rings (SSSR count). The standard InChI is InChI=1S/C19H18N4O2S/c1-26-11-9-14(18-22-21-17-8-4-5-10-23(17)18)20-19(24)16-12-13-6-2-3-7-15(13)25-16/h2-8,10,12,14H,9,11H2,1H3,(H,20,24)/t14-/m1/s1. The van der Waals surface area contributed by atoms with Crippen molar-refractivity contribution >= 4 is 34.3 Å². The lowest BCUT2D eigenvalue weighted by atomic mass is 10.2. The molecule has 26 heavy (non-hydrogen) atoms. The third kappa shape index (κ3) is 3.17. The van der Waals surface area contributed by atoms with Crippen molar-refractivity contribution in [2.75, 3.05) is 12.0 Å². The number of carbonyl (C=O) groups is 1. The van der Waals surface area contributed by atoms with Gasteiger partial charge in [-0.25, -0.2) is 0 Å². The molecule has 0 fully saturated rings. The molecule has 1 amide bonds. The van der Waals surface area contributed by atoms with Crippen LogP contribution in [0.4, 0.5) is 0 Å². The molecule has 7 heteroatoms. The Kier molecular flexibility index (Phi) is 4.62. The maximum Gasteiger partial charge on any atom is 0.287 e. The van der Waals surface area contributed by atoms with Gasteiger partial charge in [0, 0.05) is 11.6 Å². The molecule has 0 bridgehead atoms. The number of hydrogen-bond donors (Lipinski definition) is 1. The minimum Gasteiger partial charge on any atom is -0.451 e. The highest BCUT2D eigenvalue weighted by Crippen LogP contribution is 2.22. The molecule has 0 radical (unpaired) electrons. The summed E-state index contributed by atoms with van der Waals surface area (Å²) in [4.78, 5) is 12.8. The summed E-state index contributed by atoms with van der Waals surface area (Å²) in [7, 11) is 0. The largest absolute Gasteiger partial charge is 0.451 e. The molecule has 6 nitrogen and oxygen atoms in total. The Labute approximate surface area is 154 Å². The summed E-state index contributed by atoms with van der Waals surface area (Å²) in [6, 6.07) is 14.8. The van der Waals surface area contributed by atoms with Crippen LogP contribution in [0.5, 0.6) is 0 Å². The number of pyridine rings is 1. The Morgan fingerprint density at radius 2 is 2.08 bits per heavy atom. The Morgan fingerprint density at radius 3 is 2.92 bits per heavy atom. The van der Waals surface area contributed by atoms with Gasteiger partial charge in [-0.1, -0.05) is 24.3 Å². The van der Waals surface area contributed by atoms with Crippen LogP contribution in [-0.2, 0) is 0 Å². The van der Waals surface area contributed by atoms with Gasteiger partial charge in [-0.15, -0.1) is 10.2 Å². The van der Waals surface area contributed by atoms with E-state index in [1.54, 1.807) is 17.8 Å². The van der Waals surface area contributed by atoms with Crippen LogP contribution < -0.4 is 5.32 Å². The third-order valence-electron chi connectivity index (χ3n) is 4.22. The molecule has 3 aromatic heterocycles. The number of para-hydroxylation sites is 1. The molecule has 132 valence electrons. The smallest absolute Gasteiger partial charge is 0.287 e. The maximum absolute atomic E-state index is 12.8. The molecule has 3 heterocycles. The van der Waals surface area contributed by atoms with E-state index in [9.17, 15) is 4.79 Å². The van der Waals surface area contributed by atoms with Crippen LogP contribution in [0.15, 0.2) is 59.1 Å². The molecule has 4 aromatic rings. The van der Waals surface area contributed by atoms with Crippen molar-refractivity contribution in [3.05, 3.63) is 66.3 Å². The lowest BCUT2D eigenvalue weighted by Crippen LogP contribution is -2.30. The second-order valence-electron chi connectivity index (χ2n) is 5.94. The van der Waals surface area contributed by atoms with E-state index in [0.29, 0.717) is 11.3 Å². The molecule has 0 saturated heterocycles. The SMILES string of the molecule is CSCC[C@@H](NC(=O)c1cc2ccccc2o1)c1nnc2ccccn12. The zero-order valence-corrected chi connectivity index (χ0v) is 15.1. The Balaban J connectivity index is 1.63. The fourth-order valence-corrected chi connectivity index (χ4v) is 3.39. The van der Waals surface area contributed by atoms with Gasteiger partial charge in [0.25, 0.3) is 5.91 Å². The van der Waals surface area contributed by atoms with E-state index in [4.69, 9.17) is 4.42 Å². The van der Waals surface area contributed by atoms with Crippen LogP contribution in [0.3, 0.4) is 0 Å². The van der Waals surface area contributed by atoms with E-state index < -0.39 is 0 Å². The van der Waals surface area contributed by atoms with Crippen molar-refractivity contribution in [1.29, 1.82) is 0 Å². The maximum atomic E-state index is 12.8. The molecular formula is C19H18N4O2S. The Morgan fingerprint density at radius 1 is 1.23 bits per heavy atom. The summed E-state index contributed by atoms with van der Waals surface area (Å²) < 4.78 is 7.59. The summed E-state index contributed by atoms with van der Waals surface area (Å²) in [5.41, 5.74) is 1.46. The second-order valence-corrected chi connectivity index (χ2v) is 6.93. The van der Waals surface area contributed by atoms with Crippen molar-refractivity contribution in [2.24, 2.45) is 0 Å². The predicted octanol–water partition coefficient (Wildman–Crippen LogP) is 3.70. The number of hydrogen-bond acceptors (Lipinski definition) is 5. The van der Waals surface area contributed by atoms with Crippen molar-refractivity contribution in [3.8, 4) is 0 Å². The number of benzene rings is 1. The monoisotopic (exact) mass is 366 g/mol. The number of carbonyl (C=O) groups excluding carboxylic acids is 1. The van der Waals surface area contributed by atoms with Gasteiger partial charge in [0.05, 0.1) is 6.04 Å². The first-order valence-corrected chi connectivity index (χ1v) is 9.73. The molecule has 0 saturated carbocycles. The first-order valence-electron chi connectivity index (χ1n) is 8.34. The van der Waals surface area contributed by atoms with E-state index in [1.165, 1.54) is 0 Å². The van der Waals surface area contributed by atoms with Crippen LogP contribution in [0.2, 0.25) is 0 Å². The Hall–Kier alpha value is -2.80. The molecule has 0 spiro atoms. The normalized spacial score (nSPS) is 12.5. The minimum absolute atomic E-state index is 0.249. The van der Waals surface area contributed by atoms with E-state index in [-0.39, 0.29) is 11.9 Å². The molecule has 1 aromatic carbocycles. The number of thioether (sulfide) groups is 1. The van der Waals surface area contributed by atoms with E-state index >= 15 is 0 Å². The molecule has 1 atom stereocenters. The lowest BCUT2D eigenvalue weighted by molar-refractivity contribution is 0.0908. The fraction of sp³-hybridized carbons (Fsp3) is 0.211.